The molecule has 0 heterocycles. The largest absolute Gasteiger partial charge is 0.388 e. The zero-order valence-electron chi connectivity index (χ0n) is 10.5. The second-order valence-corrected chi connectivity index (χ2v) is 4.56. The molecule has 1 nitrogen and oxygen atoms in total. The van der Waals surface area contributed by atoms with Gasteiger partial charge in [0.25, 0.3) is 0 Å². The summed E-state index contributed by atoms with van der Waals surface area (Å²) in [6.45, 7) is 0. The molecule has 1 atom stereocenters. The van der Waals surface area contributed by atoms with Crippen LogP contribution in [0.3, 0.4) is 0 Å². The summed E-state index contributed by atoms with van der Waals surface area (Å²) in [5.41, 5.74) is 1.21. The van der Waals surface area contributed by atoms with Gasteiger partial charge in [-0.1, -0.05) is 30.3 Å². The van der Waals surface area contributed by atoms with Crippen molar-refractivity contribution in [1.82, 2.24) is 0 Å². The molecule has 0 bridgehead atoms. The fourth-order valence-electron chi connectivity index (χ4n) is 2.07. The van der Waals surface area contributed by atoms with Gasteiger partial charge in [0.15, 0.2) is 0 Å². The molecule has 0 saturated carbocycles. The van der Waals surface area contributed by atoms with E-state index in [1.807, 2.05) is 30.3 Å². The molecule has 1 N–H and O–H groups in total. The zero-order chi connectivity index (χ0) is 13.7. The van der Waals surface area contributed by atoms with Gasteiger partial charge in [0.1, 0.15) is 11.6 Å². The number of rotatable bonds is 5. The van der Waals surface area contributed by atoms with Gasteiger partial charge in [-0.2, -0.15) is 0 Å². The number of hydrogen-bond acceptors (Lipinski definition) is 1. The summed E-state index contributed by atoms with van der Waals surface area (Å²) in [6.07, 6.45) is 0.991. The first kappa shape index (κ1) is 13.7. The maximum Gasteiger partial charge on any atom is 0.129 e. The number of aliphatic hydroxyl groups excluding tert-OH is 1. The van der Waals surface area contributed by atoms with E-state index in [1.165, 1.54) is 5.56 Å². The molecule has 2 aromatic carbocycles. The third kappa shape index (κ3) is 3.86. The van der Waals surface area contributed by atoms with Crippen molar-refractivity contribution >= 4 is 0 Å². The highest BCUT2D eigenvalue weighted by Crippen LogP contribution is 2.23. The number of aryl methyl sites for hydroxylation is 1. The van der Waals surface area contributed by atoms with Gasteiger partial charge < -0.3 is 5.11 Å². The molecule has 3 heteroatoms. The molecular weight excluding hydrogens is 246 g/mol. The van der Waals surface area contributed by atoms with Crippen molar-refractivity contribution in [2.45, 2.75) is 25.4 Å². The average Bonchev–Trinajstić information content (AvgIpc) is 2.42. The predicted octanol–water partition coefficient (Wildman–Crippen LogP) is 4.02. The molecule has 100 valence electrons. The highest BCUT2D eigenvalue weighted by Gasteiger charge is 2.13. The van der Waals surface area contributed by atoms with E-state index in [0.29, 0.717) is 6.42 Å². The number of halogens is 2. The van der Waals surface area contributed by atoms with E-state index in [4.69, 9.17) is 0 Å². The minimum atomic E-state index is -0.959. The molecule has 0 aliphatic carbocycles. The van der Waals surface area contributed by atoms with Crippen LogP contribution in [-0.4, -0.2) is 5.11 Å². The lowest BCUT2D eigenvalue weighted by molar-refractivity contribution is 0.159. The molecule has 0 amide bonds. The topological polar surface area (TPSA) is 20.2 Å². The van der Waals surface area contributed by atoms with Crippen LogP contribution in [-0.2, 0) is 6.42 Å². The van der Waals surface area contributed by atoms with Crippen molar-refractivity contribution in [2.75, 3.05) is 0 Å². The molecule has 0 saturated heterocycles. The van der Waals surface area contributed by atoms with Crippen LogP contribution in [0.4, 0.5) is 8.78 Å². The van der Waals surface area contributed by atoms with Gasteiger partial charge in [0.2, 0.25) is 0 Å². The molecule has 19 heavy (non-hydrogen) atoms. The van der Waals surface area contributed by atoms with Gasteiger partial charge in [0.05, 0.1) is 6.10 Å². The van der Waals surface area contributed by atoms with Crippen molar-refractivity contribution in [3.63, 3.8) is 0 Å². The van der Waals surface area contributed by atoms with Crippen LogP contribution in [0.5, 0.6) is 0 Å². The average molecular weight is 262 g/mol. The molecule has 0 aliphatic rings. The number of benzene rings is 2. The summed E-state index contributed by atoms with van der Waals surface area (Å²) in [5.74, 6) is -1.09. The molecule has 2 aromatic rings. The maximum atomic E-state index is 13.4. The summed E-state index contributed by atoms with van der Waals surface area (Å²) >= 11 is 0. The smallest absolute Gasteiger partial charge is 0.129 e. The van der Waals surface area contributed by atoms with Crippen LogP contribution < -0.4 is 0 Å². The Hall–Kier alpha value is -1.74. The standard InChI is InChI=1S/C16H16F2O/c17-13-9-10-15(18)14(11-13)16(19)8-4-7-12-5-2-1-3-6-12/h1-3,5-6,9-11,16,19H,4,7-8H2. The summed E-state index contributed by atoms with van der Waals surface area (Å²) in [5, 5.41) is 9.90. The van der Waals surface area contributed by atoms with E-state index < -0.39 is 17.7 Å². The fourth-order valence-corrected chi connectivity index (χ4v) is 2.07. The Kier molecular flexibility index (Phi) is 4.63. The quantitative estimate of drug-likeness (QED) is 0.862. The highest BCUT2D eigenvalue weighted by atomic mass is 19.1. The second kappa shape index (κ2) is 6.43. The van der Waals surface area contributed by atoms with Gasteiger partial charge in [-0.05, 0) is 43.0 Å². The zero-order valence-corrected chi connectivity index (χ0v) is 10.5. The van der Waals surface area contributed by atoms with E-state index in [2.05, 4.69) is 0 Å². The lowest BCUT2D eigenvalue weighted by Gasteiger charge is -2.12. The molecule has 0 aromatic heterocycles. The Balaban J connectivity index is 1.91. The predicted molar refractivity (Wildman–Crippen MR) is 70.7 cm³/mol. The Morgan fingerprint density at radius 3 is 2.47 bits per heavy atom. The van der Waals surface area contributed by atoms with E-state index >= 15 is 0 Å². The van der Waals surface area contributed by atoms with Crippen LogP contribution in [0, 0.1) is 11.6 Å². The first-order chi connectivity index (χ1) is 9.16. The van der Waals surface area contributed by atoms with Gasteiger partial charge in [-0.3, -0.25) is 0 Å². The first-order valence-corrected chi connectivity index (χ1v) is 6.34. The van der Waals surface area contributed by atoms with Crippen LogP contribution in [0.15, 0.2) is 48.5 Å². The van der Waals surface area contributed by atoms with Crippen LogP contribution in [0.25, 0.3) is 0 Å². The highest BCUT2D eigenvalue weighted by molar-refractivity contribution is 5.21. The van der Waals surface area contributed by atoms with Crippen molar-refractivity contribution in [1.29, 1.82) is 0 Å². The van der Waals surface area contributed by atoms with Crippen molar-refractivity contribution < 1.29 is 13.9 Å². The Labute approximate surface area is 111 Å². The second-order valence-electron chi connectivity index (χ2n) is 4.56. The summed E-state index contributed by atoms with van der Waals surface area (Å²) in [4.78, 5) is 0. The monoisotopic (exact) mass is 262 g/mol. The number of hydrogen-bond donors (Lipinski definition) is 1. The summed E-state index contributed by atoms with van der Waals surface area (Å²) in [7, 11) is 0. The van der Waals surface area contributed by atoms with E-state index in [-0.39, 0.29) is 5.56 Å². The maximum absolute atomic E-state index is 13.4. The third-order valence-corrected chi connectivity index (χ3v) is 3.10. The van der Waals surface area contributed by atoms with Gasteiger partial charge in [-0.25, -0.2) is 8.78 Å². The third-order valence-electron chi connectivity index (χ3n) is 3.10. The molecule has 0 aliphatic heterocycles. The minimum Gasteiger partial charge on any atom is -0.388 e. The van der Waals surface area contributed by atoms with Gasteiger partial charge in [-0.15, -0.1) is 0 Å². The molecule has 0 radical (unpaired) electrons. The Morgan fingerprint density at radius 1 is 1.00 bits per heavy atom. The minimum absolute atomic E-state index is 0.0352. The molecule has 0 spiro atoms. The van der Waals surface area contributed by atoms with Crippen molar-refractivity contribution in [2.24, 2.45) is 0 Å². The van der Waals surface area contributed by atoms with Crippen LogP contribution in [0.2, 0.25) is 0 Å². The van der Waals surface area contributed by atoms with Crippen molar-refractivity contribution in [3.05, 3.63) is 71.3 Å². The lowest BCUT2D eigenvalue weighted by atomic mass is 10.0. The van der Waals surface area contributed by atoms with Gasteiger partial charge in [0, 0.05) is 5.56 Å². The molecule has 2 rings (SSSR count). The van der Waals surface area contributed by atoms with E-state index in [9.17, 15) is 13.9 Å². The van der Waals surface area contributed by atoms with Crippen molar-refractivity contribution in [3.8, 4) is 0 Å². The summed E-state index contributed by atoms with van der Waals surface area (Å²) < 4.78 is 26.5. The molecule has 0 fully saturated rings. The first-order valence-electron chi connectivity index (χ1n) is 6.34. The normalized spacial score (nSPS) is 12.4. The number of aliphatic hydroxyl groups is 1. The molecular formula is C16H16F2O. The van der Waals surface area contributed by atoms with Gasteiger partial charge >= 0.3 is 0 Å². The summed E-state index contributed by atoms with van der Waals surface area (Å²) in [6, 6.07) is 13.0. The Morgan fingerprint density at radius 2 is 1.74 bits per heavy atom. The fraction of sp³-hybridized carbons (Fsp3) is 0.250. The SMILES string of the molecule is OC(CCCc1ccccc1)c1cc(F)ccc1F. The molecule has 1 unspecified atom stereocenters. The van der Waals surface area contributed by atoms with E-state index in [0.717, 1.165) is 31.0 Å². The van der Waals surface area contributed by atoms with E-state index in [1.54, 1.807) is 0 Å². The van der Waals surface area contributed by atoms with Crippen LogP contribution >= 0.6 is 0 Å². The Bertz CT molecular complexity index is 526. The lowest BCUT2D eigenvalue weighted by Crippen LogP contribution is -2.02. The van der Waals surface area contributed by atoms with Crippen LogP contribution in [0.1, 0.15) is 30.1 Å².